The van der Waals surface area contributed by atoms with Crippen molar-refractivity contribution in [2.24, 2.45) is 5.92 Å². The van der Waals surface area contributed by atoms with Gasteiger partial charge in [-0.15, -0.1) is 0 Å². The van der Waals surface area contributed by atoms with E-state index < -0.39 is 6.04 Å². The zero-order valence-corrected chi connectivity index (χ0v) is 17.7. The Morgan fingerprint density at radius 3 is 2.80 bits per heavy atom. The molecule has 3 heterocycles. The molecule has 9 nitrogen and oxygen atoms in total. The van der Waals surface area contributed by atoms with Crippen molar-refractivity contribution in [2.45, 2.75) is 64.3 Å². The van der Waals surface area contributed by atoms with Gasteiger partial charge in [-0.05, 0) is 31.6 Å². The van der Waals surface area contributed by atoms with Crippen LogP contribution in [0.25, 0.3) is 0 Å². The molecule has 164 valence electrons. The third kappa shape index (κ3) is 4.29. The minimum Gasteiger partial charge on any atom is -0.463 e. The molecule has 1 atom stereocenters. The number of aromatic nitrogens is 2. The molecule has 2 aliphatic heterocycles. The summed E-state index contributed by atoms with van der Waals surface area (Å²) >= 11 is 0. The molecule has 0 spiro atoms. The maximum absolute atomic E-state index is 12.9. The third-order valence-electron chi connectivity index (χ3n) is 6.34. The van der Waals surface area contributed by atoms with E-state index in [0.29, 0.717) is 50.1 Å². The summed E-state index contributed by atoms with van der Waals surface area (Å²) in [5, 5.41) is 2.86. The van der Waals surface area contributed by atoms with Gasteiger partial charge in [0.2, 0.25) is 11.8 Å². The molecule has 30 heavy (non-hydrogen) atoms. The van der Waals surface area contributed by atoms with Crippen LogP contribution in [0.2, 0.25) is 0 Å². The molecule has 0 radical (unpaired) electrons. The molecule has 3 N–H and O–H groups in total. The van der Waals surface area contributed by atoms with Crippen LogP contribution < -0.4 is 20.7 Å². The van der Waals surface area contributed by atoms with E-state index in [1.165, 1.54) is 12.8 Å². The highest BCUT2D eigenvalue weighted by Crippen LogP contribution is 2.37. The van der Waals surface area contributed by atoms with Gasteiger partial charge in [-0.2, -0.15) is 9.97 Å². The monoisotopic (exact) mass is 416 g/mol. The van der Waals surface area contributed by atoms with Crippen molar-refractivity contribution in [3.05, 3.63) is 0 Å². The Labute approximate surface area is 177 Å². The largest absolute Gasteiger partial charge is 0.463 e. The summed E-state index contributed by atoms with van der Waals surface area (Å²) in [4.78, 5) is 38.3. The molecule has 1 aromatic heterocycles. The van der Waals surface area contributed by atoms with Gasteiger partial charge >= 0.3 is 6.01 Å². The van der Waals surface area contributed by atoms with Crippen molar-refractivity contribution in [1.82, 2.24) is 14.9 Å². The van der Waals surface area contributed by atoms with E-state index >= 15 is 0 Å². The molecule has 0 aromatic carbocycles. The van der Waals surface area contributed by atoms with Crippen molar-refractivity contribution >= 4 is 29.1 Å². The van der Waals surface area contributed by atoms with Crippen molar-refractivity contribution in [3.8, 4) is 6.01 Å². The highest BCUT2D eigenvalue weighted by Gasteiger charge is 2.39. The van der Waals surface area contributed by atoms with Crippen LogP contribution in [0, 0.1) is 5.92 Å². The molecule has 1 aliphatic carbocycles. The number of unbranched alkanes of at least 4 members (excludes halogenated alkanes) is 1. The van der Waals surface area contributed by atoms with Crippen molar-refractivity contribution < 1.29 is 14.3 Å². The highest BCUT2D eigenvalue weighted by molar-refractivity contribution is 6.05. The van der Waals surface area contributed by atoms with Crippen molar-refractivity contribution in [3.63, 3.8) is 0 Å². The number of nitrogens with zero attached hydrogens (tertiary/aromatic N) is 4. The third-order valence-corrected chi connectivity index (χ3v) is 6.34. The summed E-state index contributed by atoms with van der Waals surface area (Å²) < 4.78 is 5.66. The molecule has 9 heteroatoms. The van der Waals surface area contributed by atoms with Gasteiger partial charge in [0.25, 0.3) is 0 Å². The number of ether oxygens (including phenoxy) is 1. The van der Waals surface area contributed by atoms with Crippen LogP contribution in [-0.2, 0) is 9.59 Å². The normalized spacial score (nSPS) is 21.6. The number of hydrogen-bond donors (Lipinski definition) is 2. The number of nitrogens with two attached hydrogens (primary N) is 1. The van der Waals surface area contributed by atoms with Crippen LogP contribution in [0.15, 0.2) is 0 Å². The van der Waals surface area contributed by atoms with Crippen LogP contribution in [0.1, 0.15) is 58.3 Å². The van der Waals surface area contributed by atoms with Gasteiger partial charge in [-0.25, -0.2) is 0 Å². The average molecular weight is 417 g/mol. The second-order valence-electron chi connectivity index (χ2n) is 8.54. The van der Waals surface area contributed by atoms with Gasteiger partial charge in [0.05, 0.1) is 13.2 Å². The molecule has 1 unspecified atom stereocenters. The smallest absolute Gasteiger partial charge is 0.320 e. The van der Waals surface area contributed by atoms with Crippen molar-refractivity contribution in [2.75, 3.05) is 42.2 Å². The number of nitrogen functional groups attached to an aromatic ring is 1. The fraction of sp³-hybridized carbons (Fsp3) is 0.714. The summed E-state index contributed by atoms with van der Waals surface area (Å²) in [6.07, 6.45) is 8.00. The lowest BCUT2D eigenvalue weighted by atomic mass is 10.0. The van der Waals surface area contributed by atoms with Gasteiger partial charge < -0.3 is 25.6 Å². The van der Waals surface area contributed by atoms with Crippen LogP contribution in [0.4, 0.5) is 17.3 Å². The zero-order valence-electron chi connectivity index (χ0n) is 17.7. The SMILES string of the molecule is CCCCOc1nc(N)c2c(n1)N1CCCN(C(=O)CC3CCCC3)CC1C(=O)N2. The Hall–Kier alpha value is -2.58. The summed E-state index contributed by atoms with van der Waals surface area (Å²) in [6.45, 7) is 4.26. The van der Waals surface area contributed by atoms with Crippen LogP contribution in [0.3, 0.4) is 0 Å². The summed E-state index contributed by atoms with van der Waals surface area (Å²) in [5.41, 5.74) is 6.53. The Morgan fingerprint density at radius 1 is 1.23 bits per heavy atom. The highest BCUT2D eigenvalue weighted by atomic mass is 16.5. The maximum atomic E-state index is 12.9. The van der Waals surface area contributed by atoms with Gasteiger partial charge in [0.1, 0.15) is 11.7 Å². The van der Waals surface area contributed by atoms with Crippen molar-refractivity contribution in [1.29, 1.82) is 0 Å². The molecule has 1 saturated heterocycles. The summed E-state index contributed by atoms with van der Waals surface area (Å²) in [6, 6.07) is -0.252. The standard InChI is InChI=1S/C21H32N6O3/c1-2-3-11-30-21-24-18(22)17-19(25-21)27-10-6-9-26(13-15(27)20(29)23-17)16(28)12-14-7-4-5-8-14/h14-15H,2-13H2,1H3,(H,23,29)(H2,22,24,25). The molecule has 1 aromatic rings. The lowest BCUT2D eigenvalue weighted by Gasteiger charge is -2.36. The first kappa shape index (κ1) is 20.7. The molecule has 0 bridgehead atoms. The second-order valence-corrected chi connectivity index (χ2v) is 8.54. The lowest BCUT2D eigenvalue weighted by Crippen LogP contribution is -2.53. The number of carbonyl (C=O) groups excluding carboxylic acids is 2. The minimum atomic E-state index is -0.481. The molecule has 3 aliphatic rings. The quantitative estimate of drug-likeness (QED) is 0.683. The van der Waals surface area contributed by atoms with Crippen LogP contribution in [-0.4, -0.2) is 59.0 Å². The number of anilines is 3. The van der Waals surface area contributed by atoms with Gasteiger partial charge in [0, 0.05) is 19.5 Å². The van der Waals surface area contributed by atoms with E-state index in [9.17, 15) is 9.59 Å². The average Bonchev–Trinajstić information content (AvgIpc) is 3.12. The fourth-order valence-electron chi connectivity index (χ4n) is 4.63. The minimum absolute atomic E-state index is 0.160. The summed E-state index contributed by atoms with van der Waals surface area (Å²) in [5.74, 6) is 1.28. The number of hydrogen-bond acceptors (Lipinski definition) is 7. The Bertz CT molecular complexity index is 795. The first-order valence-electron chi connectivity index (χ1n) is 11.2. The van der Waals surface area contributed by atoms with E-state index in [0.717, 1.165) is 32.1 Å². The first-order valence-corrected chi connectivity index (χ1v) is 11.2. The molecule has 2 fully saturated rings. The van der Waals surface area contributed by atoms with E-state index in [4.69, 9.17) is 10.5 Å². The number of carbonyl (C=O) groups is 2. The Morgan fingerprint density at radius 2 is 2.03 bits per heavy atom. The van der Waals surface area contributed by atoms with Gasteiger partial charge in [0.15, 0.2) is 11.6 Å². The first-order chi connectivity index (χ1) is 14.6. The molecular weight excluding hydrogens is 384 g/mol. The second kappa shape index (κ2) is 9.06. The molecule has 1 saturated carbocycles. The summed E-state index contributed by atoms with van der Waals surface area (Å²) in [7, 11) is 0. The number of nitrogens with one attached hydrogen (secondary N) is 1. The number of fused-ring (bicyclic) bond motifs is 3. The molecular formula is C21H32N6O3. The van der Waals surface area contributed by atoms with E-state index in [2.05, 4.69) is 22.2 Å². The molecule has 2 amide bonds. The predicted octanol–water partition coefficient (Wildman–Crippen LogP) is 2.18. The topological polar surface area (TPSA) is 114 Å². The number of amides is 2. The Kier molecular flexibility index (Phi) is 6.24. The van der Waals surface area contributed by atoms with Gasteiger partial charge in [-0.1, -0.05) is 26.2 Å². The van der Waals surface area contributed by atoms with E-state index in [1.807, 2.05) is 9.80 Å². The number of rotatable bonds is 6. The van der Waals surface area contributed by atoms with Crippen LogP contribution in [0.5, 0.6) is 6.01 Å². The van der Waals surface area contributed by atoms with Gasteiger partial charge in [-0.3, -0.25) is 9.59 Å². The molecule has 4 rings (SSSR count). The van der Waals surface area contributed by atoms with Crippen LogP contribution >= 0.6 is 0 Å². The maximum Gasteiger partial charge on any atom is 0.320 e. The fourth-order valence-corrected chi connectivity index (χ4v) is 4.63. The lowest BCUT2D eigenvalue weighted by molar-refractivity contribution is -0.132. The van der Waals surface area contributed by atoms with E-state index in [1.54, 1.807) is 0 Å². The Balaban J connectivity index is 1.52. The van der Waals surface area contributed by atoms with E-state index in [-0.39, 0.29) is 23.6 Å². The predicted molar refractivity (Wildman–Crippen MR) is 114 cm³/mol. The zero-order chi connectivity index (χ0) is 21.1.